The fraction of sp³-hybridized carbons (Fsp3) is 0.412. The fourth-order valence-electron chi connectivity index (χ4n) is 2.53. The zero-order chi connectivity index (χ0) is 17.0. The van der Waals surface area contributed by atoms with Gasteiger partial charge in [-0.1, -0.05) is 18.1 Å². The van der Waals surface area contributed by atoms with Crippen LogP contribution in [0.25, 0.3) is 0 Å². The highest BCUT2D eigenvalue weighted by molar-refractivity contribution is 5.94. The van der Waals surface area contributed by atoms with Crippen LogP contribution in [0.5, 0.6) is 5.75 Å². The van der Waals surface area contributed by atoms with Crippen molar-refractivity contribution in [1.82, 2.24) is 10.4 Å². The maximum Gasteiger partial charge on any atom is 0.265 e. The zero-order valence-electron chi connectivity index (χ0n) is 13.2. The van der Waals surface area contributed by atoms with Gasteiger partial charge < -0.3 is 9.64 Å². The number of hydrogen-bond donors (Lipinski definition) is 2. The number of likely N-dealkylation sites (N-methyl/N-ethyl adjacent to an activating group) is 1. The molecular weight excluding hydrogens is 296 g/mol. The number of terminal acetylenes is 1. The van der Waals surface area contributed by atoms with E-state index in [1.807, 2.05) is 12.1 Å². The van der Waals surface area contributed by atoms with Gasteiger partial charge in [0.05, 0.1) is 5.41 Å². The van der Waals surface area contributed by atoms with Crippen molar-refractivity contribution < 1.29 is 19.5 Å². The van der Waals surface area contributed by atoms with Gasteiger partial charge in [-0.25, -0.2) is 5.48 Å². The smallest absolute Gasteiger partial charge is 0.265 e. The summed E-state index contributed by atoms with van der Waals surface area (Å²) in [5, 5.41) is 8.71. The number of carbonyl (C=O) groups is 2. The second-order valence-corrected chi connectivity index (χ2v) is 5.67. The first-order chi connectivity index (χ1) is 11.0. The Morgan fingerprint density at radius 3 is 2.52 bits per heavy atom. The van der Waals surface area contributed by atoms with Crippen molar-refractivity contribution in [3.05, 3.63) is 29.8 Å². The lowest BCUT2D eigenvalue weighted by Crippen LogP contribution is -2.48. The molecule has 6 nitrogen and oxygen atoms in total. The number of nitrogens with zero attached hydrogens (tertiary/aromatic N) is 1. The predicted octanol–water partition coefficient (Wildman–Crippen LogP) is 1.08. The van der Waals surface area contributed by atoms with Gasteiger partial charge in [0, 0.05) is 7.05 Å². The van der Waals surface area contributed by atoms with Crippen LogP contribution in [0.15, 0.2) is 24.3 Å². The van der Waals surface area contributed by atoms with Gasteiger partial charge in [0.2, 0.25) is 5.91 Å². The van der Waals surface area contributed by atoms with Crippen LogP contribution >= 0.6 is 0 Å². The van der Waals surface area contributed by atoms with Crippen molar-refractivity contribution in [2.75, 3.05) is 13.7 Å². The molecule has 0 unspecified atom stereocenters. The summed E-state index contributed by atoms with van der Waals surface area (Å²) < 4.78 is 5.32. The van der Waals surface area contributed by atoms with Crippen molar-refractivity contribution >= 4 is 11.8 Å². The normalized spacial score (nSPS) is 15.9. The van der Waals surface area contributed by atoms with Crippen LogP contribution in [0, 0.1) is 12.3 Å². The molecule has 0 spiro atoms. The zero-order valence-corrected chi connectivity index (χ0v) is 13.2. The quantitative estimate of drug-likeness (QED) is 0.468. The minimum absolute atomic E-state index is 0.133. The third-order valence-electron chi connectivity index (χ3n) is 4.28. The Kier molecular flexibility index (Phi) is 4.92. The van der Waals surface area contributed by atoms with Crippen LogP contribution in [-0.2, 0) is 15.0 Å². The van der Waals surface area contributed by atoms with E-state index in [1.54, 1.807) is 31.6 Å². The summed E-state index contributed by atoms with van der Waals surface area (Å²) in [6.07, 6.45) is 6.61. The van der Waals surface area contributed by atoms with Crippen LogP contribution < -0.4 is 10.2 Å². The maximum absolute atomic E-state index is 12.8. The van der Waals surface area contributed by atoms with Crippen LogP contribution in [0.2, 0.25) is 0 Å². The molecule has 1 atom stereocenters. The van der Waals surface area contributed by atoms with Gasteiger partial charge in [0.1, 0.15) is 18.4 Å². The monoisotopic (exact) mass is 316 g/mol. The summed E-state index contributed by atoms with van der Waals surface area (Å²) in [4.78, 5) is 25.6. The van der Waals surface area contributed by atoms with Crippen molar-refractivity contribution in [3.63, 3.8) is 0 Å². The average Bonchev–Trinajstić information content (AvgIpc) is 3.39. The SMILES string of the molecule is C#CCOc1ccc(C2(C(=O)N(C)[C@@H](C)C(=O)NO)CC2)cc1. The first-order valence-corrected chi connectivity index (χ1v) is 7.34. The van der Waals surface area contributed by atoms with Gasteiger partial charge in [-0.15, -0.1) is 6.42 Å². The molecule has 0 radical (unpaired) electrons. The summed E-state index contributed by atoms with van der Waals surface area (Å²) in [6.45, 7) is 1.76. The number of carbonyl (C=O) groups excluding carboxylic acids is 2. The van der Waals surface area contributed by atoms with Crippen molar-refractivity contribution in [1.29, 1.82) is 0 Å². The van der Waals surface area contributed by atoms with Crippen LogP contribution in [0.4, 0.5) is 0 Å². The third kappa shape index (κ3) is 3.30. The highest BCUT2D eigenvalue weighted by Crippen LogP contribution is 2.50. The van der Waals surface area contributed by atoms with Gasteiger partial charge in [0.15, 0.2) is 0 Å². The molecule has 0 aliphatic heterocycles. The summed E-state index contributed by atoms with van der Waals surface area (Å²) in [6, 6.07) is 6.51. The van der Waals surface area contributed by atoms with Gasteiger partial charge in [-0.3, -0.25) is 14.8 Å². The summed E-state index contributed by atoms with van der Waals surface area (Å²) in [5.41, 5.74) is 1.87. The minimum atomic E-state index is -0.747. The molecule has 1 aliphatic carbocycles. The van der Waals surface area contributed by atoms with Gasteiger partial charge in [-0.05, 0) is 37.5 Å². The van der Waals surface area contributed by atoms with E-state index >= 15 is 0 Å². The molecule has 2 amide bonds. The number of amides is 2. The van der Waals surface area contributed by atoms with Crippen molar-refractivity contribution in [2.24, 2.45) is 0 Å². The summed E-state index contributed by atoms with van der Waals surface area (Å²) >= 11 is 0. The lowest BCUT2D eigenvalue weighted by Gasteiger charge is -2.28. The Labute approximate surface area is 135 Å². The lowest BCUT2D eigenvalue weighted by molar-refractivity contribution is -0.143. The Morgan fingerprint density at radius 1 is 1.43 bits per heavy atom. The second-order valence-electron chi connectivity index (χ2n) is 5.67. The molecular formula is C17H20N2O4. The Bertz CT molecular complexity index is 629. The molecule has 2 rings (SSSR count). The number of rotatable bonds is 6. The maximum atomic E-state index is 12.8. The van der Waals surface area contributed by atoms with E-state index in [0.717, 1.165) is 18.4 Å². The van der Waals surface area contributed by atoms with Gasteiger partial charge >= 0.3 is 0 Å². The number of hydrogen-bond acceptors (Lipinski definition) is 4. The molecule has 6 heteroatoms. The van der Waals surface area contributed by atoms with Crippen molar-refractivity contribution in [3.8, 4) is 18.1 Å². The predicted molar refractivity (Wildman–Crippen MR) is 83.8 cm³/mol. The number of hydroxylamine groups is 1. The minimum Gasteiger partial charge on any atom is -0.481 e. The molecule has 1 fully saturated rings. The van der Waals surface area contributed by atoms with Gasteiger partial charge in [0.25, 0.3) is 5.91 Å². The third-order valence-corrected chi connectivity index (χ3v) is 4.28. The topological polar surface area (TPSA) is 78.9 Å². The van der Waals surface area contributed by atoms with E-state index in [9.17, 15) is 9.59 Å². The fourth-order valence-corrected chi connectivity index (χ4v) is 2.53. The molecule has 0 bridgehead atoms. The largest absolute Gasteiger partial charge is 0.481 e. The van der Waals surface area contributed by atoms with Crippen LogP contribution in [0.3, 0.4) is 0 Å². The Morgan fingerprint density at radius 2 is 2.04 bits per heavy atom. The standard InChI is InChI=1S/C17H20N2O4/c1-4-11-23-14-7-5-13(6-8-14)17(9-10-17)16(21)19(3)12(2)15(20)18-22/h1,5-8,12,22H,9-11H2,2-3H3,(H,18,20)/t12-/m0/s1. The average molecular weight is 316 g/mol. The van der Waals surface area contributed by atoms with Crippen molar-refractivity contribution in [2.45, 2.75) is 31.2 Å². The van der Waals surface area contributed by atoms with E-state index in [2.05, 4.69) is 5.92 Å². The van der Waals surface area contributed by atoms with Crippen LogP contribution in [-0.4, -0.2) is 41.6 Å². The van der Waals surface area contributed by atoms with E-state index in [0.29, 0.717) is 5.75 Å². The number of ether oxygens (including phenoxy) is 1. The lowest BCUT2D eigenvalue weighted by atomic mass is 9.94. The number of benzene rings is 1. The molecule has 2 N–H and O–H groups in total. The van der Waals surface area contributed by atoms with E-state index in [4.69, 9.17) is 16.4 Å². The first kappa shape index (κ1) is 16.8. The molecule has 1 aromatic carbocycles. The molecule has 1 aliphatic rings. The molecule has 0 heterocycles. The highest BCUT2D eigenvalue weighted by Gasteiger charge is 2.53. The molecule has 23 heavy (non-hydrogen) atoms. The van der Waals surface area contributed by atoms with E-state index in [1.165, 1.54) is 4.90 Å². The first-order valence-electron chi connectivity index (χ1n) is 7.34. The molecule has 122 valence electrons. The Balaban J connectivity index is 2.14. The Hall–Kier alpha value is -2.52. The molecule has 0 aromatic heterocycles. The van der Waals surface area contributed by atoms with Crippen LogP contribution in [0.1, 0.15) is 25.3 Å². The van der Waals surface area contributed by atoms with E-state index in [-0.39, 0.29) is 12.5 Å². The van der Waals surface area contributed by atoms with E-state index < -0.39 is 17.4 Å². The van der Waals surface area contributed by atoms with Gasteiger partial charge in [-0.2, -0.15) is 0 Å². The summed E-state index contributed by atoms with van der Waals surface area (Å²) in [5.74, 6) is 2.29. The second kappa shape index (κ2) is 6.71. The highest BCUT2D eigenvalue weighted by atomic mass is 16.5. The molecule has 1 saturated carbocycles. The number of nitrogens with one attached hydrogen (secondary N) is 1. The molecule has 1 aromatic rings. The summed E-state index contributed by atoms with van der Waals surface area (Å²) in [7, 11) is 1.56. The molecule has 0 saturated heterocycles.